The molecular weight excluding hydrogens is 264 g/mol. The first-order chi connectivity index (χ1) is 9.55. The molecule has 1 N–H and O–H groups in total. The summed E-state index contributed by atoms with van der Waals surface area (Å²) in [5.74, 6) is -0.956. The number of rotatable bonds is 3. The number of methoxy groups -OCH3 is 1. The van der Waals surface area contributed by atoms with Crippen molar-refractivity contribution in [3.8, 4) is 11.8 Å². The molecule has 102 valence electrons. The minimum absolute atomic E-state index is 0.176. The molecule has 0 aliphatic heterocycles. The number of hydrogen-bond donors (Lipinski definition) is 1. The van der Waals surface area contributed by atoms with Crippen LogP contribution >= 0.6 is 0 Å². The lowest BCUT2D eigenvalue weighted by Gasteiger charge is -2.13. The molecule has 0 saturated carbocycles. The van der Waals surface area contributed by atoms with Gasteiger partial charge in [0.25, 0.3) is 0 Å². The molecular formula is C15H11F2NO2. The van der Waals surface area contributed by atoms with E-state index in [1.165, 1.54) is 31.4 Å². The third kappa shape index (κ3) is 2.76. The number of ether oxygens (including phenoxy) is 1. The standard InChI is InChI=1S/C15H11F2NO2/c1-20-13-6-10(5-12(16)7-13)15(19)9-2-3-14(17)11(4-9)8-18/h2-7,15,19H,1H3. The number of halogens is 2. The summed E-state index contributed by atoms with van der Waals surface area (Å²) in [7, 11) is 1.39. The zero-order chi connectivity index (χ0) is 14.7. The molecule has 0 fully saturated rings. The van der Waals surface area contributed by atoms with Gasteiger partial charge in [0.05, 0.1) is 12.7 Å². The second-order valence-corrected chi connectivity index (χ2v) is 4.18. The Labute approximate surface area is 114 Å². The van der Waals surface area contributed by atoms with Crippen molar-refractivity contribution in [2.24, 2.45) is 0 Å². The maximum absolute atomic E-state index is 13.4. The minimum atomic E-state index is -1.17. The van der Waals surface area contributed by atoms with E-state index < -0.39 is 17.7 Å². The minimum Gasteiger partial charge on any atom is -0.497 e. The number of hydrogen-bond acceptors (Lipinski definition) is 3. The molecule has 5 heteroatoms. The normalized spacial score (nSPS) is 11.8. The Balaban J connectivity index is 2.43. The van der Waals surface area contributed by atoms with Gasteiger partial charge >= 0.3 is 0 Å². The molecule has 1 atom stereocenters. The van der Waals surface area contributed by atoms with Gasteiger partial charge < -0.3 is 9.84 Å². The number of nitrogens with zero attached hydrogens (tertiary/aromatic N) is 1. The van der Waals surface area contributed by atoms with E-state index in [1.807, 2.05) is 0 Å². The van der Waals surface area contributed by atoms with Crippen LogP contribution in [-0.4, -0.2) is 12.2 Å². The van der Waals surface area contributed by atoms with Crippen molar-refractivity contribution in [1.29, 1.82) is 5.26 Å². The molecule has 0 bridgehead atoms. The van der Waals surface area contributed by atoms with Crippen molar-refractivity contribution in [2.45, 2.75) is 6.10 Å². The molecule has 0 aromatic heterocycles. The van der Waals surface area contributed by atoms with Crippen molar-refractivity contribution in [3.63, 3.8) is 0 Å². The van der Waals surface area contributed by atoms with Gasteiger partial charge in [0.2, 0.25) is 0 Å². The number of benzene rings is 2. The molecule has 20 heavy (non-hydrogen) atoms. The van der Waals surface area contributed by atoms with Crippen molar-refractivity contribution in [1.82, 2.24) is 0 Å². The van der Waals surface area contributed by atoms with Gasteiger partial charge in [-0.2, -0.15) is 5.26 Å². The fourth-order valence-electron chi connectivity index (χ4n) is 1.85. The maximum Gasteiger partial charge on any atom is 0.140 e. The van der Waals surface area contributed by atoms with Gasteiger partial charge in [-0.3, -0.25) is 0 Å². The van der Waals surface area contributed by atoms with E-state index in [9.17, 15) is 13.9 Å². The highest BCUT2D eigenvalue weighted by Gasteiger charge is 2.15. The van der Waals surface area contributed by atoms with Gasteiger partial charge in [-0.25, -0.2) is 8.78 Å². The molecule has 0 heterocycles. The smallest absolute Gasteiger partial charge is 0.140 e. The molecule has 0 radical (unpaired) electrons. The summed E-state index contributed by atoms with van der Waals surface area (Å²) in [6, 6.07) is 9.17. The van der Waals surface area contributed by atoms with Crippen LogP contribution in [0.2, 0.25) is 0 Å². The Morgan fingerprint density at radius 1 is 1.15 bits per heavy atom. The van der Waals surface area contributed by atoms with E-state index in [1.54, 1.807) is 6.07 Å². The molecule has 0 aliphatic carbocycles. The molecule has 0 saturated heterocycles. The van der Waals surface area contributed by atoms with Gasteiger partial charge in [0.1, 0.15) is 29.6 Å². The monoisotopic (exact) mass is 275 g/mol. The highest BCUT2D eigenvalue weighted by Crippen LogP contribution is 2.27. The molecule has 2 aromatic carbocycles. The van der Waals surface area contributed by atoms with Gasteiger partial charge in [-0.05, 0) is 35.4 Å². The molecule has 0 aliphatic rings. The summed E-state index contributed by atoms with van der Waals surface area (Å²) < 4.78 is 31.6. The molecule has 3 nitrogen and oxygen atoms in total. The quantitative estimate of drug-likeness (QED) is 0.937. The fourth-order valence-corrected chi connectivity index (χ4v) is 1.85. The summed E-state index contributed by atoms with van der Waals surface area (Å²) in [5.41, 5.74) is 0.387. The van der Waals surface area contributed by atoms with Gasteiger partial charge in [-0.15, -0.1) is 0 Å². The number of nitriles is 1. The second kappa shape index (κ2) is 5.68. The Kier molecular flexibility index (Phi) is 3.97. The average Bonchev–Trinajstić information content (AvgIpc) is 2.46. The van der Waals surface area contributed by atoms with E-state index in [-0.39, 0.29) is 16.9 Å². The van der Waals surface area contributed by atoms with Crippen LogP contribution in [0.4, 0.5) is 8.78 Å². The summed E-state index contributed by atoms with van der Waals surface area (Å²) in [4.78, 5) is 0. The predicted molar refractivity (Wildman–Crippen MR) is 68.1 cm³/mol. The van der Waals surface area contributed by atoms with E-state index in [0.717, 1.165) is 12.1 Å². The summed E-state index contributed by atoms with van der Waals surface area (Å²) >= 11 is 0. The topological polar surface area (TPSA) is 53.2 Å². The summed E-state index contributed by atoms with van der Waals surface area (Å²) in [6.07, 6.45) is -1.17. The maximum atomic E-state index is 13.4. The van der Waals surface area contributed by atoms with Crippen molar-refractivity contribution >= 4 is 0 Å². The van der Waals surface area contributed by atoms with Crippen molar-refractivity contribution < 1.29 is 18.6 Å². The Morgan fingerprint density at radius 3 is 2.55 bits per heavy atom. The zero-order valence-electron chi connectivity index (χ0n) is 10.6. The zero-order valence-corrected chi connectivity index (χ0v) is 10.6. The third-order valence-corrected chi connectivity index (χ3v) is 2.87. The van der Waals surface area contributed by atoms with Crippen LogP contribution in [0, 0.1) is 23.0 Å². The molecule has 0 spiro atoms. The summed E-state index contributed by atoms with van der Waals surface area (Å²) in [6.45, 7) is 0. The van der Waals surface area contributed by atoms with Crippen molar-refractivity contribution in [2.75, 3.05) is 7.11 Å². The Morgan fingerprint density at radius 2 is 1.90 bits per heavy atom. The fraction of sp³-hybridized carbons (Fsp3) is 0.133. The first-order valence-electron chi connectivity index (χ1n) is 5.77. The lowest BCUT2D eigenvalue weighted by Crippen LogP contribution is -2.02. The SMILES string of the molecule is COc1cc(F)cc(C(O)c2ccc(F)c(C#N)c2)c1. The molecule has 2 aromatic rings. The van der Waals surface area contributed by atoms with Crippen LogP contribution in [0.1, 0.15) is 22.8 Å². The second-order valence-electron chi connectivity index (χ2n) is 4.18. The number of aliphatic hydroxyl groups is 1. The molecule has 0 amide bonds. The Hall–Kier alpha value is -2.45. The summed E-state index contributed by atoms with van der Waals surface area (Å²) in [5, 5.41) is 19.0. The number of aliphatic hydroxyl groups excluding tert-OH is 1. The first-order valence-corrected chi connectivity index (χ1v) is 5.77. The van der Waals surface area contributed by atoms with E-state index in [4.69, 9.17) is 10.00 Å². The van der Waals surface area contributed by atoms with E-state index >= 15 is 0 Å². The van der Waals surface area contributed by atoms with Crippen LogP contribution in [-0.2, 0) is 0 Å². The van der Waals surface area contributed by atoms with Crippen LogP contribution < -0.4 is 4.74 Å². The lowest BCUT2D eigenvalue weighted by molar-refractivity contribution is 0.219. The molecule has 1 unspecified atom stereocenters. The highest BCUT2D eigenvalue weighted by atomic mass is 19.1. The van der Waals surface area contributed by atoms with Crippen molar-refractivity contribution in [3.05, 3.63) is 64.7 Å². The van der Waals surface area contributed by atoms with Crippen LogP contribution in [0.3, 0.4) is 0 Å². The van der Waals surface area contributed by atoms with E-state index in [0.29, 0.717) is 5.56 Å². The van der Waals surface area contributed by atoms with Crippen LogP contribution in [0.15, 0.2) is 36.4 Å². The average molecular weight is 275 g/mol. The van der Waals surface area contributed by atoms with E-state index in [2.05, 4.69) is 0 Å². The third-order valence-electron chi connectivity index (χ3n) is 2.87. The van der Waals surface area contributed by atoms with Gasteiger partial charge in [0, 0.05) is 6.07 Å². The Bertz CT molecular complexity index is 680. The highest BCUT2D eigenvalue weighted by molar-refractivity contribution is 5.40. The predicted octanol–water partition coefficient (Wildman–Crippen LogP) is 2.93. The lowest BCUT2D eigenvalue weighted by atomic mass is 9.99. The van der Waals surface area contributed by atoms with Gasteiger partial charge in [0.15, 0.2) is 0 Å². The molecule has 2 rings (SSSR count). The largest absolute Gasteiger partial charge is 0.497 e. The van der Waals surface area contributed by atoms with Gasteiger partial charge in [-0.1, -0.05) is 6.07 Å². The first kappa shape index (κ1) is 14.0. The van der Waals surface area contributed by atoms with Crippen LogP contribution in [0.25, 0.3) is 0 Å². The van der Waals surface area contributed by atoms with Crippen LogP contribution in [0.5, 0.6) is 5.75 Å².